The standard InChI is InChI=1S/C21H25ClN2O2/c1-20(2,3)26-19(25)24-14-21(12-15-7-5-4-6-8-15)13-17(21)16-9-10-23-18(22)11-16/h4-11,17H,12-14H2,1-3H3,(H,24,25)/t17-,21+/m1/s1. The topological polar surface area (TPSA) is 51.2 Å². The molecule has 0 radical (unpaired) electrons. The van der Waals surface area contributed by atoms with Gasteiger partial charge in [-0.05, 0) is 68.2 Å². The van der Waals surface area contributed by atoms with E-state index in [1.54, 1.807) is 6.20 Å². The number of nitrogens with zero attached hydrogens (tertiary/aromatic N) is 1. The minimum Gasteiger partial charge on any atom is -0.444 e. The zero-order valence-corrected chi connectivity index (χ0v) is 16.2. The van der Waals surface area contributed by atoms with Crippen molar-refractivity contribution in [2.75, 3.05) is 6.54 Å². The lowest BCUT2D eigenvalue weighted by molar-refractivity contribution is 0.0515. The molecule has 1 aromatic carbocycles. The van der Waals surface area contributed by atoms with Crippen LogP contribution in [0.15, 0.2) is 48.7 Å². The maximum atomic E-state index is 12.1. The van der Waals surface area contributed by atoms with Gasteiger partial charge in [0.1, 0.15) is 10.8 Å². The Morgan fingerprint density at radius 2 is 2.04 bits per heavy atom. The van der Waals surface area contributed by atoms with Crippen LogP contribution in [0.4, 0.5) is 4.79 Å². The number of carbonyl (C=O) groups excluding carboxylic acids is 1. The molecule has 1 aliphatic rings. The molecule has 3 rings (SSSR count). The summed E-state index contributed by atoms with van der Waals surface area (Å²) >= 11 is 6.07. The monoisotopic (exact) mass is 372 g/mol. The summed E-state index contributed by atoms with van der Waals surface area (Å²) in [4.78, 5) is 16.2. The van der Waals surface area contributed by atoms with E-state index >= 15 is 0 Å². The Hall–Kier alpha value is -2.07. The molecule has 5 heteroatoms. The minimum absolute atomic E-state index is 0.0249. The number of ether oxygens (including phenoxy) is 1. The highest BCUT2D eigenvalue weighted by molar-refractivity contribution is 6.29. The molecule has 2 aromatic rings. The SMILES string of the molecule is CC(C)(C)OC(=O)NC[C@]1(Cc2ccccc2)C[C@@H]1c1ccnc(Cl)c1. The second-order valence-corrected chi connectivity index (χ2v) is 8.44. The summed E-state index contributed by atoms with van der Waals surface area (Å²) in [6, 6.07) is 14.3. The van der Waals surface area contributed by atoms with Crippen LogP contribution in [0.25, 0.3) is 0 Å². The highest BCUT2D eigenvalue weighted by atomic mass is 35.5. The van der Waals surface area contributed by atoms with E-state index in [9.17, 15) is 4.79 Å². The Labute approximate surface area is 159 Å². The zero-order chi connectivity index (χ0) is 18.8. The number of pyridine rings is 1. The van der Waals surface area contributed by atoms with E-state index in [1.165, 1.54) is 11.1 Å². The Morgan fingerprint density at radius 1 is 1.31 bits per heavy atom. The number of hydrogen-bond donors (Lipinski definition) is 1. The van der Waals surface area contributed by atoms with Crippen molar-refractivity contribution in [1.82, 2.24) is 10.3 Å². The Kier molecular flexibility index (Phi) is 5.24. The van der Waals surface area contributed by atoms with Gasteiger partial charge in [-0.1, -0.05) is 41.9 Å². The fourth-order valence-corrected chi connectivity index (χ4v) is 3.65. The summed E-state index contributed by atoms with van der Waals surface area (Å²) in [7, 11) is 0. The first-order valence-corrected chi connectivity index (χ1v) is 9.27. The average molecular weight is 373 g/mol. The third kappa shape index (κ3) is 4.76. The van der Waals surface area contributed by atoms with Crippen molar-refractivity contribution in [1.29, 1.82) is 0 Å². The van der Waals surface area contributed by atoms with Gasteiger partial charge in [0, 0.05) is 12.7 Å². The van der Waals surface area contributed by atoms with Gasteiger partial charge in [-0.3, -0.25) is 0 Å². The number of halogens is 1. The lowest BCUT2D eigenvalue weighted by atomic mass is 9.91. The molecule has 0 spiro atoms. The number of aromatic nitrogens is 1. The van der Waals surface area contributed by atoms with E-state index in [4.69, 9.17) is 16.3 Å². The molecule has 0 unspecified atom stereocenters. The van der Waals surface area contributed by atoms with E-state index in [0.29, 0.717) is 17.6 Å². The predicted octanol–water partition coefficient (Wildman–Crippen LogP) is 4.98. The molecule has 0 aliphatic heterocycles. The van der Waals surface area contributed by atoms with Crippen LogP contribution in [0.1, 0.15) is 44.2 Å². The number of carbonyl (C=O) groups is 1. The molecular weight excluding hydrogens is 348 g/mol. The molecule has 138 valence electrons. The fraction of sp³-hybridized carbons (Fsp3) is 0.429. The van der Waals surface area contributed by atoms with Gasteiger partial charge in [-0.15, -0.1) is 0 Å². The van der Waals surface area contributed by atoms with Crippen LogP contribution in [0.2, 0.25) is 5.15 Å². The van der Waals surface area contributed by atoms with Gasteiger partial charge < -0.3 is 10.1 Å². The quantitative estimate of drug-likeness (QED) is 0.753. The van der Waals surface area contributed by atoms with Crippen molar-refractivity contribution in [3.8, 4) is 0 Å². The van der Waals surface area contributed by atoms with E-state index in [2.05, 4.69) is 22.4 Å². The van der Waals surface area contributed by atoms with E-state index in [0.717, 1.165) is 12.8 Å². The minimum atomic E-state index is -0.502. The van der Waals surface area contributed by atoms with E-state index in [1.807, 2.05) is 51.1 Å². The lowest BCUT2D eigenvalue weighted by Gasteiger charge is -2.23. The number of rotatable bonds is 5. The summed E-state index contributed by atoms with van der Waals surface area (Å²) < 4.78 is 5.39. The fourth-order valence-electron chi connectivity index (χ4n) is 3.47. The first-order valence-electron chi connectivity index (χ1n) is 8.90. The summed E-state index contributed by atoms with van der Waals surface area (Å²) in [6.07, 6.45) is 3.26. The summed E-state index contributed by atoms with van der Waals surface area (Å²) in [5, 5.41) is 3.47. The molecular formula is C21H25ClN2O2. The van der Waals surface area contributed by atoms with E-state index < -0.39 is 5.60 Å². The molecule has 0 saturated heterocycles. The molecule has 4 nitrogen and oxygen atoms in total. The lowest BCUT2D eigenvalue weighted by Crippen LogP contribution is -2.36. The van der Waals surface area contributed by atoms with Crippen molar-refractivity contribution in [2.45, 2.75) is 45.1 Å². The molecule has 1 amide bonds. The second kappa shape index (κ2) is 7.28. The third-order valence-corrected chi connectivity index (χ3v) is 4.93. The van der Waals surface area contributed by atoms with Gasteiger partial charge in [0.2, 0.25) is 0 Å². The zero-order valence-electron chi connectivity index (χ0n) is 15.5. The highest BCUT2D eigenvalue weighted by Crippen LogP contribution is 2.60. The largest absolute Gasteiger partial charge is 0.444 e. The van der Waals surface area contributed by atoms with Crippen molar-refractivity contribution in [3.63, 3.8) is 0 Å². The smallest absolute Gasteiger partial charge is 0.407 e. The van der Waals surface area contributed by atoms with Gasteiger partial charge in [0.25, 0.3) is 0 Å². The van der Waals surface area contributed by atoms with E-state index in [-0.39, 0.29) is 11.5 Å². The van der Waals surface area contributed by atoms with Gasteiger partial charge in [0.05, 0.1) is 0 Å². The summed E-state index contributed by atoms with van der Waals surface area (Å²) in [5.41, 5.74) is 1.91. The molecule has 1 fully saturated rings. The molecule has 0 bridgehead atoms. The van der Waals surface area contributed by atoms with Crippen LogP contribution in [-0.4, -0.2) is 23.2 Å². The van der Waals surface area contributed by atoms with Crippen molar-refractivity contribution >= 4 is 17.7 Å². The van der Waals surface area contributed by atoms with Gasteiger partial charge >= 0.3 is 6.09 Å². The van der Waals surface area contributed by atoms with Crippen molar-refractivity contribution in [3.05, 3.63) is 64.9 Å². The molecule has 26 heavy (non-hydrogen) atoms. The predicted molar refractivity (Wildman–Crippen MR) is 103 cm³/mol. The molecule has 1 saturated carbocycles. The van der Waals surface area contributed by atoms with Crippen LogP contribution in [0, 0.1) is 5.41 Å². The Bertz CT molecular complexity index is 773. The number of alkyl carbamates (subject to hydrolysis) is 1. The maximum absolute atomic E-state index is 12.1. The molecule has 2 atom stereocenters. The van der Waals surface area contributed by atoms with Crippen LogP contribution >= 0.6 is 11.6 Å². The first-order chi connectivity index (χ1) is 12.3. The first kappa shape index (κ1) is 18.7. The molecule has 1 aromatic heterocycles. The molecule has 1 heterocycles. The third-order valence-electron chi connectivity index (χ3n) is 4.73. The van der Waals surface area contributed by atoms with Gasteiger partial charge in [-0.2, -0.15) is 0 Å². The Morgan fingerprint density at radius 3 is 2.69 bits per heavy atom. The van der Waals surface area contributed by atoms with Gasteiger partial charge in [-0.25, -0.2) is 9.78 Å². The molecule has 1 aliphatic carbocycles. The highest BCUT2D eigenvalue weighted by Gasteiger charge is 2.54. The normalized spacial score (nSPS) is 21.9. The number of nitrogens with one attached hydrogen (secondary N) is 1. The van der Waals surface area contributed by atoms with Crippen molar-refractivity contribution in [2.24, 2.45) is 5.41 Å². The summed E-state index contributed by atoms with van der Waals surface area (Å²) in [6.45, 7) is 6.17. The number of benzene rings is 1. The van der Waals surface area contributed by atoms with Crippen LogP contribution in [-0.2, 0) is 11.2 Å². The van der Waals surface area contributed by atoms with Crippen LogP contribution in [0.3, 0.4) is 0 Å². The Balaban J connectivity index is 1.74. The van der Waals surface area contributed by atoms with Crippen LogP contribution < -0.4 is 5.32 Å². The van der Waals surface area contributed by atoms with Crippen LogP contribution in [0.5, 0.6) is 0 Å². The number of hydrogen-bond acceptors (Lipinski definition) is 3. The van der Waals surface area contributed by atoms with Gasteiger partial charge in [0.15, 0.2) is 0 Å². The average Bonchev–Trinajstić information content (AvgIpc) is 3.27. The maximum Gasteiger partial charge on any atom is 0.407 e. The number of amides is 1. The second-order valence-electron chi connectivity index (χ2n) is 8.05. The van der Waals surface area contributed by atoms with Crippen molar-refractivity contribution < 1.29 is 9.53 Å². The molecule has 1 N–H and O–H groups in total. The summed E-state index contributed by atoms with van der Waals surface area (Å²) in [5.74, 6) is 0.346.